The molecule has 3 aromatic rings. The average Bonchev–Trinajstić information content (AvgIpc) is 3.13. The van der Waals surface area contributed by atoms with Crippen molar-refractivity contribution in [2.45, 2.75) is 43.9 Å². The summed E-state index contributed by atoms with van der Waals surface area (Å²) in [5.74, 6) is -0.237. The molecule has 2 aromatic carbocycles. The molecule has 0 fully saturated rings. The molecule has 0 bridgehead atoms. The highest BCUT2D eigenvalue weighted by Gasteiger charge is 2.31. The van der Waals surface area contributed by atoms with Crippen LogP contribution in [0.15, 0.2) is 53.4 Å². The van der Waals surface area contributed by atoms with Crippen molar-refractivity contribution in [2.24, 2.45) is 0 Å². The van der Waals surface area contributed by atoms with Crippen LogP contribution in [0, 0.1) is 0 Å². The van der Waals surface area contributed by atoms with Crippen LogP contribution in [0.5, 0.6) is 0 Å². The topological polar surface area (TPSA) is 70.4 Å². The van der Waals surface area contributed by atoms with E-state index in [1.54, 1.807) is 29.4 Å². The molecule has 0 saturated carbocycles. The molecule has 0 saturated heterocycles. The molecular formula is C24H24N2O4S. The van der Waals surface area contributed by atoms with E-state index >= 15 is 0 Å². The first-order valence-corrected chi connectivity index (χ1v) is 11.1. The molecule has 31 heavy (non-hydrogen) atoms. The van der Waals surface area contributed by atoms with Crippen LogP contribution in [0.4, 0.5) is 0 Å². The van der Waals surface area contributed by atoms with Crippen LogP contribution in [-0.4, -0.2) is 33.9 Å². The Balaban J connectivity index is 1.89. The largest absolute Gasteiger partial charge is 0.461 e. The lowest BCUT2D eigenvalue weighted by atomic mass is 10.0. The van der Waals surface area contributed by atoms with Crippen LogP contribution < -0.4 is 0 Å². The zero-order valence-corrected chi connectivity index (χ0v) is 18.8. The van der Waals surface area contributed by atoms with Crippen LogP contribution in [-0.2, 0) is 15.2 Å². The van der Waals surface area contributed by atoms with Gasteiger partial charge in [0.05, 0.1) is 23.6 Å². The Morgan fingerprint density at radius 2 is 1.84 bits per heavy atom. The molecule has 1 aliphatic heterocycles. The smallest absolute Gasteiger partial charge is 0.359 e. The van der Waals surface area contributed by atoms with E-state index in [1.807, 2.05) is 63.2 Å². The average molecular weight is 437 g/mol. The molecule has 0 radical (unpaired) electrons. The number of hydrogen-bond donors (Lipinski definition) is 0. The minimum absolute atomic E-state index is 0.276. The zero-order valence-electron chi connectivity index (χ0n) is 18.0. The van der Waals surface area contributed by atoms with Crippen molar-refractivity contribution in [3.8, 4) is 16.9 Å². The van der Waals surface area contributed by atoms with Crippen molar-refractivity contribution in [2.75, 3.05) is 6.61 Å². The molecule has 7 heteroatoms. The third kappa shape index (κ3) is 4.23. The van der Waals surface area contributed by atoms with Gasteiger partial charge in [-0.3, -0.25) is 0 Å². The van der Waals surface area contributed by atoms with E-state index in [2.05, 4.69) is 5.10 Å². The van der Waals surface area contributed by atoms with Crippen molar-refractivity contribution in [1.82, 2.24) is 9.78 Å². The van der Waals surface area contributed by atoms with E-state index in [4.69, 9.17) is 9.47 Å². The molecule has 1 aliphatic rings. The monoisotopic (exact) mass is 436 g/mol. The maximum atomic E-state index is 12.7. The number of hydrogen-bond acceptors (Lipinski definition) is 6. The van der Waals surface area contributed by atoms with Crippen LogP contribution >= 0.6 is 11.8 Å². The van der Waals surface area contributed by atoms with Gasteiger partial charge >= 0.3 is 11.9 Å². The molecule has 0 aliphatic carbocycles. The summed E-state index contributed by atoms with van der Waals surface area (Å²) in [6.07, 6.45) is 0. The Bertz CT molecular complexity index is 1150. The maximum Gasteiger partial charge on any atom is 0.359 e. The second-order valence-corrected chi connectivity index (χ2v) is 9.16. The molecule has 0 atom stereocenters. The van der Waals surface area contributed by atoms with Crippen LogP contribution in [0.3, 0.4) is 0 Å². The first-order chi connectivity index (χ1) is 14.8. The number of aromatic nitrogens is 2. The predicted molar refractivity (Wildman–Crippen MR) is 120 cm³/mol. The number of benzene rings is 2. The first kappa shape index (κ1) is 21.2. The number of carbonyl (C=O) groups excluding carboxylic acids is 2. The molecular weight excluding hydrogens is 412 g/mol. The van der Waals surface area contributed by atoms with Gasteiger partial charge in [0.1, 0.15) is 5.60 Å². The fourth-order valence-electron chi connectivity index (χ4n) is 3.44. The Morgan fingerprint density at radius 3 is 2.52 bits per heavy atom. The molecule has 4 rings (SSSR count). The maximum absolute atomic E-state index is 12.7. The molecule has 1 aromatic heterocycles. The van der Waals surface area contributed by atoms with Gasteiger partial charge in [0.15, 0.2) is 5.69 Å². The number of thioether (sulfide) groups is 1. The lowest BCUT2D eigenvalue weighted by molar-refractivity contribution is 0.00692. The van der Waals surface area contributed by atoms with Crippen molar-refractivity contribution < 1.29 is 19.1 Å². The van der Waals surface area contributed by atoms with E-state index in [0.717, 1.165) is 27.4 Å². The third-order valence-corrected chi connectivity index (χ3v) is 5.79. The summed E-state index contributed by atoms with van der Waals surface area (Å²) in [5.41, 5.74) is 3.46. The first-order valence-electron chi connectivity index (χ1n) is 10.1. The molecule has 0 amide bonds. The normalized spacial score (nSPS) is 12.6. The standard InChI is InChI=1S/C24H24N2O4S/c1-5-29-23(28)20-18-14-31-19-12-11-15(22(27)30-24(2,3)4)13-17(19)21(18)26(25-20)16-9-7-6-8-10-16/h6-13H,5,14H2,1-4H3. The predicted octanol–water partition coefficient (Wildman–Crippen LogP) is 5.28. The van der Waals surface area contributed by atoms with E-state index in [1.165, 1.54) is 0 Å². The Hall–Kier alpha value is -3.06. The van der Waals surface area contributed by atoms with Gasteiger partial charge in [-0.05, 0) is 58.0 Å². The second kappa shape index (κ2) is 8.23. The fourth-order valence-corrected chi connectivity index (χ4v) is 4.49. The highest BCUT2D eigenvalue weighted by molar-refractivity contribution is 7.98. The van der Waals surface area contributed by atoms with Crippen molar-refractivity contribution in [1.29, 1.82) is 0 Å². The van der Waals surface area contributed by atoms with Gasteiger partial charge < -0.3 is 9.47 Å². The summed E-state index contributed by atoms with van der Waals surface area (Å²) in [5, 5.41) is 4.63. The highest BCUT2D eigenvalue weighted by atomic mass is 32.2. The molecule has 6 nitrogen and oxygen atoms in total. The van der Waals surface area contributed by atoms with Crippen molar-refractivity contribution in [3.05, 3.63) is 65.4 Å². The molecule has 2 heterocycles. The minimum atomic E-state index is -0.588. The van der Waals surface area contributed by atoms with Crippen molar-refractivity contribution in [3.63, 3.8) is 0 Å². The number of esters is 2. The molecule has 0 spiro atoms. The summed E-state index contributed by atoms with van der Waals surface area (Å²) in [4.78, 5) is 26.3. The third-order valence-electron chi connectivity index (χ3n) is 4.69. The number of ether oxygens (including phenoxy) is 2. The quantitative estimate of drug-likeness (QED) is 0.519. The van der Waals surface area contributed by atoms with Gasteiger partial charge in [-0.2, -0.15) is 5.10 Å². The van der Waals surface area contributed by atoms with Gasteiger partial charge in [0, 0.05) is 21.8 Å². The van der Waals surface area contributed by atoms with Crippen LogP contribution in [0.2, 0.25) is 0 Å². The van der Waals surface area contributed by atoms with Gasteiger partial charge in [-0.15, -0.1) is 11.8 Å². The number of rotatable bonds is 4. The summed E-state index contributed by atoms with van der Waals surface area (Å²) in [6, 6.07) is 15.2. The van der Waals surface area contributed by atoms with Gasteiger partial charge in [0.2, 0.25) is 0 Å². The summed E-state index contributed by atoms with van der Waals surface area (Å²) in [7, 11) is 0. The van der Waals surface area contributed by atoms with Gasteiger partial charge in [-0.25, -0.2) is 14.3 Å². The lowest BCUT2D eigenvalue weighted by Crippen LogP contribution is -2.24. The van der Waals surface area contributed by atoms with Crippen molar-refractivity contribution >= 4 is 23.7 Å². The Morgan fingerprint density at radius 1 is 1.10 bits per heavy atom. The molecule has 160 valence electrons. The Kier molecular flexibility index (Phi) is 5.62. The lowest BCUT2D eigenvalue weighted by Gasteiger charge is -2.22. The van der Waals surface area contributed by atoms with Crippen LogP contribution in [0.25, 0.3) is 16.9 Å². The van der Waals surface area contributed by atoms with Crippen LogP contribution in [0.1, 0.15) is 54.1 Å². The van der Waals surface area contributed by atoms with Gasteiger partial charge in [-0.1, -0.05) is 18.2 Å². The number of fused-ring (bicyclic) bond motifs is 3. The molecule has 0 N–H and O–H groups in total. The van der Waals surface area contributed by atoms with E-state index in [0.29, 0.717) is 17.0 Å². The second-order valence-electron chi connectivity index (χ2n) is 8.15. The van der Waals surface area contributed by atoms with E-state index in [9.17, 15) is 9.59 Å². The fraction of sp³-hybridized carbons (Fsp3) is 0.292. The summed E-state index contributed by atoms with van der Waals surface area (Å²) in [6.45, 7) is 7.57. The summed E-state index contributed by atoms with van der Waals surface area (Å²) < 4.78 is 12.6. The SMILES string of the molecule is CCOC(=O)c1nn(-c2ccccc2)c2c1CSc1ccc(C(=O)OC(C)(C)C)cc1-2. The Labute approximate surface area is 185 Å². The molecule has 0 unspecified atom stereocenters. The number of para-hydroxylation sites is 1. The number of nitrogens with zero attached hydrogens (tertiary/aromatic N) is 2. The summed E-state index contributed by atoms with van der Waals surface area (Å²) >= 11 is 1.61. The number of carbonyl (C=O) groups is 2. The zero-order chi connectivity index (χ0) is 22.2. The minimum Gasteiger partial charge on any atom is -0.461 e. The van der Waals surface area contributed by atoms with E-state index < -0.39 is 11.6 Å². The van der Waals surface area contributed by atoms with E-state index in [-0.39, 0.29) is 12.6 Å². The van der Waals surface area contributed by atoms with Gasteiger partial charge in [0.25, 0.3) is 0 Å². The highest BCUT2D eigenvalue weighted by Crippen LogP contribution is 2.44.